The van der Waals surface area contributed by atoms with Crippen LogP contribution in [0.5, 0.6) is 11.5 Å². The summed E-state index contributed by atoms with van der Waals surface area (Å²) in [4.78, 5) is 0. The molecule has 0 spiro atoms. The Bertz CT molecular complexity index is 541. The molecule has 20 heavy (non-hydrogen) atoms. The molecule has 0 amide bonds. The average molecular weight is 267 g/mol. The van der Waals surface area contributed by atoms with Gasteiger partial charge in [0.1, 0.15) is 11.5 Å². The molecule has 1 saturated carbocycles. The Balaban J connectivity index is 1.78. The monoisotopic (exact) mass is 267 g/mol. The number of hydrogen-bond acceptors (Lipinski definition) is 2. The number of hydrogen-bond donors (Lipinski definition) is 1. The summed E-state index contributed by atoms with van der Waals surface area (Å²) in [5.74, 6) is 1.75. The molecule has 3 rings (SSSR count). The highest BCUT2D eigenvalue weighted by Gasteiger charge is 2.33. The van der Waals surface area contributed by atoms with Gasteiger partial charge in [0, 0.05) is 12.0 Å². The first-order valence-corrected chi connectivity index (χ1v) is 7.36. The molecular weight excluding hydrogens is 246 g/mol. The van der Waals surface area contributed by atoms with Crippen LogP contribution in [0.3, 0.4) is 0 Å². The van der Waals surface area contributed by atoms with Crippen LogP contribution in [0.15, 0.2) is 54.6 Å². The number of ether oxygens (including phenoxy) is 1. The molecule has 1 fully saturated rings. The van der Waals surface area contributed by atoms with Crippen molar-refractivity contribution in [2.75, 3.05) is 6.54 Å². The lowest BCUT2D eigenvalue weighted by atomic mass is 9.79. The Morgan fingerprint density at radius 1 is 0.850 bits per heavy atom. The van der Waals surface area contributed by atoms with E-state index in [0.29, 0.717) is 0 Å². The van der Waals surface area contributed by atoms with Crippen LogP contribution in [0.1, 0.15) is 31.2 Å². The molecule has 0 unspecified atom stereocenters. The molecule has 0 aliphatic heterocycles. The molecule has 1 aliphatic rings. The molecule has 2 aromatic rings. The highest BCUT2D eigenvalue weighted by molar-refractivity contribution is 5.36. The molecule has 1 aliphatic carbocycles. The van der Waals surface area contributed by atoms with Gasteiger partial charge >= 0.3 is 0 Å². The second-order valence-corrected chi connectivity index (χ2v) is 5.63. The lowest BCUT2D eigenvalue weighted by Gasteiger charge is -2.28. The van der Waals surface area contributed by atoms with Crippen molar-refractivity contribution in [3.63, 3.8) is 0 Å². The molecule has 2 aromatic carbocycles. The second kappa shape index (κ2) is 5.68. The minimum absolute atomic E-state index is 0.200. The van der Waals surface area contributed by atoms with Crippen LogP contribution in [-0.2, 0) is 5.41 Å². The van der Waals surface area contributed by atoms with Crippen molar-refractivity contribution >= 4 is 0 Å². The molecule has 0 radical (unpaired) electrons. The Hall–Kier alpha value is -1.80. The topological polar surface area (TPSA) is 35.2 Å². The third-order valence-corrected chi connectivity index (χ3v) is 4.40. The van der Waals surface area contributed by atoms with E-state index in [1.807, 2.05) is 30.3 Å². The Morgan fingerprint density at radius 3 is 2.05 bits per heavy atom. The van der Waals surface area contributed by atoms with Gasteiger partial charge in [0.05, 0.1) is 0 Å². The minimum atomic E-state index is 0.200. The van der Waals surface area contributed by atoms with Crippen LogP contribution in [-0.4, -0.2) is 6.54 Å². The summed E-state index contributed by atoms with van der Waals surface area (Å²) in [5, 5.41) is 0. The van der Waals surface area contributed by atoms with Gasteiger partial charge in [-0.1, -0.05) is 43.2 Å². The zero-order chi connectivity index (χ0) is 13.8. The molecule has 0 bridgehead atoms. The molecule has 2 heteroatoms. The van der Waals surface area contributed by atoms with E-state index in [2.05, 4.69) is 24.3 Å². The van der Waals surface area contributed by atoms with Gasteiger partial charge in [0.25, 0.3) is 0 Å². The molecule has 0 aromatic heterocycles. The van der Waals surface area contributed by atoms with Crippen LogP contribution in [0.4, 0.5) is 0 Å². The third kappa shape index (κ3) is 2.56. The summed E-state index contributed by atoms with van der Waals surface area (Å²) < 4.78 is 5.83. The van der Waals surface area contributed by atoms with Gasteiger partial charge in [-0.15, -0.1) is 0 Å². The van der Waals surface area contributed by atoms with Crippen molar-refractivity contribution in [1.82, 2.24) is 0 Å². The van der Waals surface area contributed by atoms with Crippen molar-refractivity contribution in [1.29, 1.82) is 0 Å². The van der Waals surface area contributed by atoms with Crippen molar-refractivity contribution in [3.05, 3.63) is 60.2 Å². The second-order valence-electron chi connectivity index (χ2n) is 5.63. The molecule has 2 N–H and O–H groups in total. The first-order chi connectivity index (χ1) is 9.82. The molecule has 104 valence electrons. The van der Waals surface area contributed by atoms with Crippen molar-refractivity contribution in [2.24, 2.45) is 5.73 Å². The lowest BCUT2D eigenvalue weighted by Crippen LogP contribution is -2.31. The maximum Gasteiger partial charge on any atom is 0.127 e. The SMILES string of the molecule is NCC1(c2ccc(Oc3ccccc3)cc2)CCCC1. The number of benzene rings is 2. The van der Waals surface area contributed by atoms with E-state index in [4.69, 9.17) is 10.5 Å². The van der Waals surface area contributed by atoms with Crippen LogP contribution < -0.4 is 10.5 Å². The van der Waals surface area contributed by atoms with Crippen molar-refractivity contribution in [2.45, 2.75) is 31.1 Å². The predicted molar refractivity (Wildman–Crippen MR) is 82.2 cm³/mol. The van der Waals surface area contributed by atoms with Gasteiger partial charge in [-0.05, 0) is 42.7 Å². The van der Waals surface area contributed by atoms with E-state index in [1.54, 1.807) is 0 Å². The quantitative estimate of drug-likeness (QED) is 0.898. The normalized spacial score (nSPS) is 17.1. The van der Waals surface area contributed by atoms with Crippen LogP contribution in [0, 0.1) is 0 Å². The average Bonchev–Trinajstić information content (AvgIpc) is 2.99. The van der Waals surface area contributed by atoms with Crippen molar-refractivity contribution < 1.29 is 4.74 Å². The summed E-state index contributed by atoms with van der Waals surface area (Å²) >= 11 is 0. The smallest absolute Gasteiger partial charge is 0.127 e. The Morgan fingerprint density at radius 2 is 1.45 bits per heavy atom. The summed E-state index contributed by atoms with van der Waals surface area (Å²) in [5.41, 5.74) is 7.59. The Labute approximate surface area is 120 Å². The predicted octanol–water partition coefficient (Wildman–Crippen LogP) is 4.25. The fraction of sp³-hybridized carbons (Fsp3) is 0.333. The summed E-state index contributed by atoms with van der Waals surface area (Å²) in [7, 11) is 0. The number of nitrogens with two attached hydrogens (primary N) is 1. The standard InChI is InChI=1S/C18H21NO/c19-14-18(12-4-5-13-18)15-8-10-17(11-9-15)20-16-6-2-1-3-7-16/h1-3,6-11H,4-5,12-14,19H2. The molecular formula is C18H21NO. The summed E-state index contributed by atoms with van der Waals surface area (Å²) in [6, 6.07) is 18.3. The van der Waals surface area contributed by atoms with E-state index in [9.17, 15) is 0 Å². The van der Waals surface area contributed by atoms with Gasteiger partial charge in [-0.25, -0.2) is 0 Å². The highest BCUT2D eigenvalue weighted by atomic mass is 16.5. The minimum Gasteiger partial charge on any atom is -0.457 e. The van der Waals surface area contributed by atoms with E-state index in [1.165, 1.54) is 31.2 Å². The fourth-order valence-electron chi connectivity index (χ4n) is 3.16. The molecule has 2 nitrogen and oxygen atoms in total. The van der Waals surface area contributed by atoms with E-state index in [-0.39, 0.29) is 5.41 Å². The van der Waals surface area contributed by atoms with Gasteiger partial charge < -0.3 is 10.5 Å². The number of para-hydroxylation sites is 1. The van der Waals surface area contributed by atoms with Crippen molar-refractivity contribution in [3.8, 4) is 11.5 Å². The highest BCUT2D eigenvalue weighted by Crippen LogP contribution is 2.40. The van der Waals surface area contributed by atoms with E-state index in [0.717, 1.165) is 18.0 Å². The first-order valence-electron chi connectivity index (χ1n) is 7.36. The molecule has 0 atom stereocenters. The lowest BCUT2D eigenvalue weighted by molar-refractivity contribution is 0.449. The zero-order valence-corrected chi connectivity index (χ0v) is 11.7. The number of rotatable bonds is 4. The zero-order valence-electron chi connectivity index (χ0n) is 11.7. The van der Waals surface area contributed by atoms with Crippen LogP contribution in [0.2, 0.25) is 0 Å². The largest absolute Gasteiger partial charge is 0.457 e. The van der Waals surface area contributed by atoms with Crippen LogP contribution >= 0.6 is 0 Å². The maximum absolute atomic E-state index is 6.03. The van der Waals surface area contributed by atoms with Gasteiger partial charge in [0.2, 0.25) is 0 Å². The fourth-order valence-corrected chi connectivity index (χ4v) is 3.16. The first kappa shape index (κ1) is 13.2. The van der Waals surface area contributed by atoms with Gasteiger partial charge in [-0.2, -0.15) is 0 Å². The molecule has 0 heterocycles. The van der Waals surface area contributed by atoms with Crippen LogP contribution in [0.25, 0.3) is 0 Å². The van der Waals surface area contributed by atoms with E-state index >= 15 is 0 Å². The van der Waals surface area contributed by atoms with E-state index < -0.39 is 0 Å². The molecule has 0 saturated heterocycles. The Kier molecular flexibility index (Phi) is 3.75. The van der Waals surface area contributed by atoms with Gasteiger partial charge in [0.15, 0.2) is 0 Å². The maximum atomic E-state index is 6.03. The third-order valence-electron chi connectivity index (χ3n) is 4.40. The summed E-state index contributed by atoms with van der Waals surface area (Å²) in [6.45, 7) is 0.742. The summed E-state index contributed by atoms with van der Waals surface area (Å²) in [6.07, 6.45) is 5.00. The van der Waals surface area contributed by atoms with Gasteiger partial charge in [-0.3, -0.25) is 0 Å².